The zero-order chi connectivity index (χ0) is 42.3. The summed E-state index contributed by atoms with van der Waals surface area (Å²) in [6, 6.07) is 58.5. The summed E-state index contributed by atoms with van der Waals surface area (Å²) >= 11 is 2.05. The Bertz CT molecular complexity index is 3490. The summed E-state index contributed by atoms with van der Waals surface area (Å²) in [6.45, 7) is 14.8. The summed E-state index contributed by atoms with van der Waals surface area (Å²) in [6.07, 6.45) is 5.09. The van der Waals surface area contributed by atoms with Gasteiger partial charge in [0.25, 0.3) is 0 Å². The van der Waals surface area contributed by atoms with E-state index in [1.165, 1.54) is 93.8 Å². The summed E-state index contributed by atoms with van der Waals surface area (Å²) in [7, 11) is 0. The molecule has 4 aliphatic carbocycles. The Kier molecular flexibility index (Phi) is 6.92. The first-order valence-electron chi connectivity index (χ1n) is 22.9. The van der Waals surface area contributed by atoms with Gasteiger partial charge in [0.15, 0.2) is 0 Å². The zero-order valence-corrected chi connectivity index (χ0v) is 37.4. The lowest BCUT2D eigenvalue weighted by molar-refractivity contribution is 0.473. The van der Waals surface area contributed by atoms with E-state index in [9.17, 15) is 0 Å². The second kappa shape index (κ2) is 12.0. The Labute approximate surface area is 374 Å². The quantitative estimate of drug-likeness (QED) is 0.160. The average Bonchev–Trinajstić information content (AvgIpc) is 3.87. The number of benzene rings is 7. The molecule has 0 fully saturated rings. The Morgan fingerprint density at radius 2 is 1.22 bits per heavy atom. The molecule has 7 aromatic carbocycles. The highest BCUT2D eigenvalue weighted by Crippen LogP contribution is 2.70. The van der Waals surface area contributed by atoms with Gasteiger partial charge in [-0.3, -0.25) is 0 Å². The van der Waals surface area contributed by atoms with E-state index in [-0.39, 0.29) is 17.3 Å². The van der Waals surface area contributed by atoms with Crippen LogP contribution in [0.5, 0.6) is 0 Å². The largest absolute Gasteiger partial charge is 0.328 e. The van der Waals surface area contributed by atoms with E-state index >= 15 is 0 Å². The normalized spacial score (nSPS) is 25.1. The van der Waals surface area contributed by atoms with Crippen LogP contribution in [0.2, 0.25) is 0 Å². The van der Waals surface area contributed by atoms with Crippen molar-refractivity contribution in [2.75, 3.05) is 4.90 Å². The predicted molar refractivity (Wildman–Crippen MR) is 264 cm³/mol. The predicted octanol–water partition coefficient (Wildman–Crippen LogP) is 15.5. The first-order valence-corrected chi connectivity index (χ1v) is 23.7. The fourth-order valence-electron chi connectivity index (χ4n) is 14.1. The molecule has 0 radical (unpaired) electrons. The van der Waals surface area contributed by atoms with Gasteiger partial charge in [-0.25, -0.2) is 0 Å². The minimum atomic E-state index is -0.476. The highest BCUT2D eigenvalue weighted by Gasteiger charge is 2.59. The molecular weight excluding hydrogens is 781 g/mol. The van der Waals surface area contributed by atoms with Crippen molar-refractivity contribution < 1.29 is 0 Å². The Balaban J connectivity index is 1.14. The fraction of sp³-hybridized carbons (Fsp3) is 0.200. The highest BCUT2D eigenvalue weighted by molar-refractivity contribution is 8.03. The molecule has 0 N–H and O–H groups in total. The topological polar surface area (TPSA) is 8.17 Å². The molecule has 5 unspecified atom stereocenters. The summed E-state index contributed by atoms with van der Waals surface area (Å²) < 4.78 is 2.49. The minimum Gasteiger partial charge on any atom is -0.328 e. The van der Waals surface area contributed by atoms with Crippen LogP contribution < -0.4 is 4.90 Å². The molecule has 63 heavy (non-hydrogen) atoms. The molecule has 5 atom stereocenters. The van der Waals surface area contributed by atoms with Gasteiger partial charge in [-0.2, -0.15) is 0 Å². The van der Waals surface area contributed by atoms with E-state index in [0.717, 1.165) is 0 Å². The second-order valence-electron chi connectivity index (χ2n) is 19.8. The lowest BCUT2D eigenvalue weighted by atomic mass is 9.56. The lowest BCUT2D eigenvalue weighted by Crippen LogP contribution is -2.50. The number of para-hydroxylation sites is 2. The molecular formula is C60H48N2S. The molecule has 0 amide bonds. The van der Waals surface area contributed by atoms with Gasteiger partial charge in [0.1, 0.15) is 0 Å². The van der Waals surface area contributed by atoms with E-state index in [1.54, 1.807) is 21.6 Å². The van der Waals surface area contributed by atoms with Gasteiger partial charge in [0.05, 0.1) is 22.0 Å². The molecule has 4 bridgehead atoms. The molecule has 6 aliphatic rings. The molecule has 304 valence electrons. The van der Waals surface area contributed by atoms with E-state index in [2.05, 4.69) is 227 Å². The van der Waals surface area contributed by atoms with Gasteiger partial charge >= 0.3 is 0 Å². The Hall–Kier alpha value is -6.29. The van der Waals surface area contributed by atoms with Crippen LogP contribution in [-0.4, -0.2) is 10.1 Å². The number of aromatic nitrogens is 1. The monoisotopic (exact) mass is 828 g/mol. The number of nitrogens with zero attached hydrogens (tertiary/aromatic N) is 2. The number of rotatable bonds is 2. The van der Waals surface area contributed by atoms with Crippen molar-refractivity contribution in [1.82, 2.24) is 4.57 Å². The van der Waals surface area contributed by atoms with E-state index < -0.39 is 11.0 Å². The number of fused-ring (bicyclic) bond motifs is 11. The summed E-state index contributed by atoms with van der Waals surface area (Å²) in [5.41, 5.74) is 22.5. The zero-order valence-electron chi connectivity index (χ0n) is 36.6. The number of allylic oxidation sites excluding steroid dienone is 4. The highest BCUT2D eigenvalue weighted by atomic mass is 32.2. The standard InChI is InChI=1S/C60H48N2S/c1-34-30-31-59(6)55-36(3)56-57(35(2)52(34)55)63-51-23-15-13-21-46(51)60(56)47-28-29-50-54(42-19-11-14-22-49(42)61(50)37-16-8-7-9-17-37)53(47)41-26-24-39(33-48(41)60)62(59)38-25-27-45-43(32-38)40-18-10-12-20-44(40)58(45,4)5/h7-36H,1-6H3. The third-order valence-electron chi connectivity index (χ3n) is 16.4. The molecule has 1 aromatic heterocycles. The molecule has 2 nitrogen and oxygen atoms in total. The first-order chi connectivity index (χ1) is 30.6. The molecule has 2 aliphatic heterocycles. The summed E-state index contributed by atoms with van der Waals surface area (Å²) in [5, 5.41) is 2.65. The van der Waals surface area contributed by atoms with Crippen LogP contribution in [-0.2, 0) is 10.8 Å². The van der Waals surface area contributed by atoms with Crippen molar-refractivity contribution in [2.24, 2.45) is 17.8 Å². The van der Waals surface area contributed by atoms with Gasteiger partial charge in [0, 0.05) is 50.0 Å². The first kappa shape index (κ1) is 36.2. The molecule has 14 rings (SSSR count). The maximum atomic E-state index is 2.73. The average molecular weight is 829 g/mol. The van der Waals surface area contributed by atoms with Crippen LogP contribution in [0.3, 0.4) is 0 Å². The molecule has 8 aromatic rings. The molecule has 0 saturated heterocycles. The van der Waals surface area contributed by atoms with Crippen molar-refractivity contribution in [3.05, 3.63) is 213 Å². The lowest BCUT2D eigenvalue weighted by Gasteiger charge is -2.54. The third kappa shape index (κ3) is 4.20. The molecule has 0 saturated carbocycles. The molecule has 1 spiro atoms. The maximum Gasteiger partial charge on any atom is 0.0827 e. The smallest absolute Gasteiger partial charge is 0.0827 e. The second-order valence-corrected chi connectivity index (χ2v) is 20.9. The van der Waals surface area contributed by atoms with Crippen LogP contribution in [0.25, 0.3) is 49.7 Å². The Morgan fingerprint density at radius 1 is 0.524 bits per heavy atom. The summed E-state index contributed by atoms with van der Waals surface area (Å²) in [4.78, 5) is 5.66. The SMILES string of the molecule is CC1C=CC2(C)C3=C1C(C)C1=C(C3C)C3(c4ccccc4S1)c1cc(ccc1-c1c3ccc3c1c1ccccc1n3-c1ccccc1)N2c1ccc2c(c1)-c1ccccc1C2(C)C. The van der Waals surface area contributed by atoms with Crippen LogP contribution in [0, 0.1) is 17.8 Å². The van der Waals surface area contributed by atoms with Crippen LogP contribution >= 0.6 is 11.8 Å². The van der Waals surface area contributed by atoms with Gasteiger partial charge in [-0.1, -0.05) is 161 Å². The van der Waals surface area contributed by atoms with Crippen molar-refractivity contribution in [2.45, 2.75) is 62.8 Å². The van der Waals surface area contributed by atoms with Gasteiger partial charge in [0.2, 0.25) is 0 Å². The van der Waals surface area contributed by atoms with E-state index in [1.807, 2.05) is 0 Å². The fourth-order valence-corrected chi connectivity index (χ4v) is 15.5. The number of hydrogen-bond acceptors (Lipinski definition) is 2. The number of anilines is 2. The van der Waals surface area contributed by atoms with E-state index in [4.69, 9.17) is 0 Å². The summed E-state index contributed by atoms with van der Waals surface area (Å²) in [5.74, 6) is 0.778. The molecule has 3 heterocycles. The van der Waals surface area contributed by atoms with Gasteiger partial charge < -0.3 is 9.47 Å². The van der Waals surface area contributed by atoms with Crippen molar-refractivity contribution in [3.63, 3.8) is 0 Å². The van der Waals surface area contributed by atoms with Crippen LogP contribution in [0.4, 0.5) is 11.4 Å². The van der Waals surface area contributed by atoms with Crippen molar-refractivity contribution in [3.8, 4) is 27.9 Å². The third-order valence-corrected chi connectivity index (χ3v) is 17.8. The number of hydrogen-bond donors (Lipinski definition) is 0. The van der Waals surface area contributed by atoms with Crippen LogP contribution in [0.15, 0.2) is 190 Å². The number of thioether (sulfide) groups is 1. The van der Waals surface area contributed by atoms with E-state index in [0.29, 0.717) is 5.92 Å². The van der Waals surface area contributed by atoms with Crippen molar-refractivity contribution in [1.29, 1.82) is 0 Å². The maximum absolute atomic E-state index is 2.73. The van der Waals surface area contributed by atoms with Gasteiger partial charge in [-0.05, 0) is 134 Å². The van der Waals surface area contributed by atoms with Crippen molar-refractivity contribution >= 4 is 44.9 Å². The Morgan fingerprint density at radius 3 is 2.08 bits per heavy atom. The molecule has 3 heteroatoms. The van der Waals surface area contributed by atoms with Gasteiger partial charge in [-0.15, -0.1) is 0 Å². The van der Waals surface area contributed by atoms with Crippen LogP contribution in [0.1, 0.15) is 69.4 Å². The minimum absolute atomic E-state index is 0.0599.